The zero-order valence-corrected chi connectivity index (χ0v) is 23.5. The van der Waals surface area contributed by atoms with Gasteiger partial charge in [-0.2, -0.15) is 0 Å². The Morgan fingerprint density at radius 2 is 1.48 bits per heavy atom. The van der Waals surface area contributed by atoms with Crippen molar-refractivity contribution < 1.29 is 52.3 Å². The second-order valence-corrected chi connectivity index (χ2v) is 9.32. The van der Waals surface area contributed by atoms with Gasteiger partial charge in [-0.05, 0) is 24.3 Å². The van der Waals surface area contributed by atoms with Gasteiger partial charge >= 0.3 is 23.9 Å². The summed E-state index contributed by atoms with van der Waals surface area (Å²) in [6, 6.07) is 13.9. The first-order valence-electron chi connectivity index (χ1n) is 12.3. The number of benzene rings is 2. The molecule has 0 amide bonds. The van der Waals surface area contributed by atoms with Crippen LogP contribution in [0, 0.1) is 0 Å². The van der Waals surface area contributed by atoms with Crippen LogP contribution in [0.4, 0.5) is 0 Å². The van der Waals surface area contributed by atoms with Gasteiger partial charge in [0.05, 0.1) is 0 Å². The molecule has 0 spiro atoms. The molecule has 5 atom stereocenters. The minimum absolute atomic E-state index is 0.0645. The molecule has 2 aromatic rings. The van der Waals surface area contributed by atoms with Crippen LogP contribution in [0.15, 0.2) is 48.5 Å². The first-order valence-corrected chi connectivity index (χ1v) is 12.7. The van der Waals surface area contributed by atoms with Gasteiger partial charge in [-0.3, -0.25) is 19.2 Å². The summed E-state index contributed by atoms with van der Waals surface area (Å²) in [5.41, 5.74) is 0.843. The maximum atomic E-state index is 12.3. The summed E-state index contributed by atoms with van der Waals surface area (Å²) < 4.78 is 39.8. The number of esters is 4. The highest BCUT2D eigenvalue weighted by atomic mass is 35.5. The topological polar surface area (TPSA) is 133 Å². The minimum Gasteiger partial charge on any atom is -0.489 e. The SMILES string of the molecule is CO[C@@]1(c2ccc(Cl)c(COc3ccccc3)c2)O[C@H](COC(C)=O)[C@@H](OC(C)=O)[C@H](OC(C)=O)[C@H]1OC(C)=O. The van der Waals surface area contributed by atoms with Crippen LogP contribution >= 0.6 is 11.6 Å². The second-order valence-electron chi connectivity index (χ2n) is 8.92. The summed E-state index contributed by atoms with van der Waals surface area (Å²) >= 11 is 6.47. The molecule has 1 heterocycles. The van der Waals surface area contributed by atoms with Gasteiger partial charge in [0.15, 0.2) is 12.2 Å². The van der Waals surface area contributed by atoms with E-state index in [4.69, 9.17) is 44.8 Å². The summed E-state index contributed by atoms with van der Waals surface area (Å²) in [4.78, 5) is 48.2. The van der Waals surface area contributed by atoms with Gasteiger partial charge in [0.25, 0.3) is 0 Å². The smallest absolute Gasteiger partial charge is 0.303 e. The number of halogens is 1. The zero-order valence-electron chi connectivity index (χ0n) is 22.7. The fourth-order valence-corrected chi connectivity index (χ4v) is 4.53. The lowest BCUT2D eigenvalue weighted by Crippen LogP contribution is -2.67. The van der Waals surface area contributed by atoms with E-state index in [1.807, 2.05) is 18.2 Å². The number of hydrogen-bond acceptors (Lipinski definition) is 11. The van der Waals surface area contributed by atoms with Gasteiger partial charge in [-0.25, -0.2) is 0 Å². The van der Waals surface area contributed by atoms with Gasteiger partial charge < -0.3 is 33.2 Å². The van der Waals surface area contributed by atoms with Crippen LogP contribution in [-0.4, -0.2) is 62.0 Å². The third-order valence-electron chi connectivity index (χ3n) is 5.93. The van der Waals surface area contributed by atoms with Crippen LogP contribution in [-0.2, 0) is 60.0 Å². The number of para-hydroxylation sites is 1. The molecule has 2 aromatic carbocycles. The number of carbonyl (C=O) groups is 4. The van der Waals surface area contributed by atoms with Crippen molar-refractivity contribution in [2.45, 2.75) is 64.5 Å². The van der Waals surface area contributed by atoms with Crippen molar-refractivity contribution in [1.29, 1.82) is 0 Å². The predicted molar refractivity (Wildman–Crippen MR) is 139 cm³/mol. The van der Waals surface area contributed by atoms with Crippen LogP contribution in [0.3, 0.4) is 0 Å². The fraction of sp³-hybridized carbons (Fsp3) is 0.429. The monoisotopic (exact) mass is 578 g/mol. The van der Waals surface area contributed by atoms with E-state index >= 15 is 0 Å². The molecule has 0 aromatic heterocycles. The quantitative estimate of drug-likeness (QED) is 0.303. The molecule has 11 nitrogen and oxygen atoms in total. The Kier molecular flexibility index (Phi) is 10.5. The van der Waals surface area contributed by atoms with Crippen molar-refractivity contribution in [1.82, 2.24) is 0 Å². The standard InChI is InChI=1S/C28H31ClO11/c1-16(30)35-15-24-25(37-17(2)31)26(38-18(3)32)27(39-19(4)33)28(34-5,40-24)21-11-12-23(29)20(13-21)14-36-22-9-7-6-8-10-22/h6-13,24-27H,14-15H2,1-5H3/t24-,25-,26+,27-,28+/m1/s1. The molecule has 0 N–H and O–H groups in total. The van der Waals surface area contributed by atoms with E-state index in [9.17, 15) is 19.2 Å². The first-order chi connectivity index (χ1) is 19.0. The van der Waals surface area contributed by atoms with E-state index in [0.29, 0.717) is 21.9 Å². The van der Waals surface area contributed by atoms with Crippen molar-refractivity contribution in [2.24, 2.45) is 0 Å². The Bertz CT molecular complexity index is 1220. The van der Waals surface area contributed by atoms with Gasteiger partial charge in [-0.15, -0.1) is 0 Å². The molecular formula is C28H31ClO11. The molecule has 0 radical (unpaired) electrons. The first kappa shape index (κ1) is 30.9. The highest BCUT2D eigenvalue weighted by Gasteiger charge is 2.61. The molecule has 3 rings (SSSR count). The molecule has 0 saturated carbocycles. The molecule has 0 aliphatic carbocycles. The summed E-state index contributed by atoms with van der Waals surface area (Å²) in [5, 5.41) is 0.372. The van der Waals surface area contributed by atoms with Crippen molar-refractivity contribution in [3.63, 3.8) is 0 Å². The lowest BCUT2D eigenvalue weighted by Gasteiger charge is -2.50. The van der Waals surface area contributed by atoms with E-state index in [0.717, 1.165) is 20.8 Å². The number of ether oxygens (including phenoxy) is 7. The summed E-state index contributed by atoms with van der Waals surface area (Å²) in [6.45, 7) is 4.29. The molecule has 1 fully saturated rings. The van der Waals surface area contributed by atoms with Crippen LogP contribution in [0.2, 0.25) is 5.02 Å². The van der Waals surface area contributed by atoms with Crippen molar-refractivity contribution in [3.05, 3.63) is 64.7 Å². The molecule has 0 unspecified atom stereocenters. The fourth-order valence-electron chi connectivity index (χ4n) is 4.36. The molecule has 40 heavy (non-hydrogen) atoms. The summed E-state index contributed by atoms with van der Waals surface area (Å²) in [7, 11) is 1.30. The Morgan fingerprint density at radius 1 is 0.850 bits per heavy atom. The minimum atomic E-state index is -1.93. The van der Waals surface area contributed by atoms with Crippen LogP contribution < -0.4 is 4.74 Å². The Morgan fingerprint density at radius 3 is 2.05 bits per heavy atom. The van der Waals surface area contributed by atoms with Crippen molar-refractivity contribution in [3.8, 4) is 5.75 Å². The Hall–Kier alpha value is -3.67. The summed E-state index contributed by atoms with van der Waals surface area (Å²) in [5.74, 6) is -4.21. The van der Waals surface area contributed by atoms with Crippen LogP contribution in [0.25, 0.3) is 0 Å². The predicted octanol–water partition coefficient (Wildman–Crippen LogP) is 3.48. The zero-order chi connectivity index (χ0) is 29.4. The van der Waals surface area contributed by atoms with Crippen molar-refractivity contribution in [2.75, 3.05) is 13.7 Å². The highest BCUT2D eigenvalue weighted by molar-refractivity contribution is 6.31. The highest BCUT2D eigenvalue weighted by Crippen LogP contribution is 2.44. The molecule has 0 bridgehead atoms. The average molecular weight is 579 g/mol. The number of hydrogen-bond donors (Lipinski definition) is 0. The van der Waals surface area contributed by atoms with Gasteiger partial charge in [0, 0.05) is 51.0 Å². The van der Waals surface area contributed by atoms with Crippen LogP contribution in [0.5, 0.6) is 5.75 Å². The molecule has 12 heteroatoms. The lowest BCUT2D eigenvalue weighted by molar-refractivity contribution is -0.367. The number of carbonyl (C=O) groups excluding carboxylic acids is 4. The number of rotatable bonds is 10. The third-order valence-corrected chi connectivity index (χ3v) is 6.30. The number of methoxy groups -OCH3 is 1. The van der Waals surface area contributed by atoms with Gasteiger partial charge in [0.1, 0.15) is 25.1 Å². The van der Waals surface area contributed by atoms with Crippen LogP contribution in [0.1, 0.15) is 38.8 Å². The lowest BCUT2D eigenvalue weighted by atomic mass is 9.86. The maximum Gasteiger partial charge on any atom is 0.303 e. The average Bonchev–Trinajstić information content (AvgIpc) is 2.89. The summed E-state index contributed by atoms with van der Waals surface area (Å²) in [6.07, 6.45) is -5.43. The largest absolute Gasteiger partial charge is 0.489 e. The second kappa shape index (κ2) is 13.6. The van der Waals surface area contributed by atoms with Crippen molar-refractivity contribution >= 4 is 35.5 Å². The van der Waals surface area contributed by atoms with E-state index < -0.39 is 60.7 Å². The van der Waals surface area contributed by atoms with E-state index in [1.165, 1.54) is 14.0 Å². The third kappa shape index (κ3) is 7.50. The van der Waals surface area contributed by atoms with Gasteiger partial charge in [0.2, 0.25) is 11.9 Å². The molecule has 216 valence electrons. The molecule has 1 aliphatic heterocycles. The Balaban J connectivity index is 2.14. The van der Waals surface area contributed by atoms with E-state index in [1.54, 1.807) is 30.3 Å². The van der Waals surface area contributed by atoms with Gasteiger partial charge in [-0.1, -0.05) is 35.9 Å². The van der Waals surface area contributed by atoms with E-state index in [-0.39, 0.29) is 6.61 Å². The molecule has 1 aliphatic rings. The normalized spacial score (nSPS) is 23.9. The Labute approximate surface area is 236 Å². The molecule has 1 saturated heterocycles. The molecular weight excluding hydrogens is 548 g/mol. The van der Waals surface area contributed by atoms with E-state index in [2.05, 4.69) is 0 Å². The maximum absolute atomic E-state index is 12.3.